The molecule has 0 atom stereocenters. The van der Waals surface area contributed by atoms with E-state index in [0.29, 0.717) is 38.9 Å². The lowest BCUT2D eigenvalue weighted by Crippen LogP contribution is -2.23. The zero-order valence-electron chi connectivity index (χ0n) is 16.7. The predicted octanol–water partition coefficient (Wildman–Crippen LogP) is 3.13. The van der Waals surface area contributed by atoms with Gasteiger partial charge in [-0.2, -0.15) is 0 Å². The Labute approximate surface area is 183 Å². The molecule has 0 fully saturated rings. The highest BCUT2D eigenvalue weighted by Gasteiger charge is 2.27. The van der Waals surface area contributed by atoms with Crippen molar-refractivity contribution in [2.24, 2.45) is 0 Å². The number of aromatic nitrogens is 1. The van der Waals surface area contributed by atoms with Gasteiger partial charge < -0.3 is 14.8 Å². The van der Waals surface area contributed by atoms with Gasteiger partial charge in [-0.3, -0.25) is 4.79 Å². The molecule has 0 radical (unpaired) electrons. The molecule has 0 spiro atoms. The van der Waals surface area contributed by atoms with E-state index in [4.69, 9.17) is 9.47 Å². The second-order valence-corrected chi connectivity index (χ2v) is 9.26. The van der Waals surface area contributed by atoms with E-state index >= 15 is 0 Å². The maximum absolute atomic E-state index is 12.9. The number of carbonyl (C=O) groups excluding carboxylic acids is 1. The highest BCUT2D eigenvalue weighted by atomic mass is 32.2. The largest absolute Gasteiger partial charge is 0.493 e. The molecule has 10 heteroatoms. The molecule has 160 valence electrons. The van der Waals surface area contributed by atoms with Crippen LogP contribution in [0.25, 0.3) is 11.6 Å². The summed E-state index contributed by atoms with van der Waals surface area (Å²) in [4.78, 5) is 16.6. The Morgan fingerprint density at radius 3 is 2.74 bits per heavy atom. The molecule has 8 nitrogen and oxygen atoms in total. The van der Waals surface area contributed by atoms with Crippen LogP contribution in [0.3, 0.4) is 0 Å². The summed E-state index contributed by atoms with van der Waals surface area (Å²) >= 11 is 1.39. The fraction of sp³-hybridized carbons (Fsp3) is 0.143. The molecule has 3 aromatic rings. The molecule has 0 saturated heterocycles. The zero-order valence-corrected chi connectivity index (χ0v) is 18.3. The van der Waals surface area contributed by atoms with Crippen molar-refractivity contribution >= 4 is 44.6 Å². The van der Waals surface area contributed by atoms with Gasteiger partial charge in [0.25, 0.3) is 5.91 Å². The molecule has 0 bridgehead atoms. The van der Waals surface area contributed by atoms with Crippen LogP contribution in [0.5, 0.6) is 11.5 Å². The minimum absolute atomic E-state index is 0.0127. The van der Waals surface area contributed by atoms with Crippen molar-refractivity contribution in [1.29, 1.82) is 0 Å². The van der Waals surface area contributed by atoms with Crippen molar-refractivity contribution in [2.45, 2.75) is 11.4 Å². The number of hydrogen-bond acceptors (Lipinski definition) is 7. The molecule has 0 saturated carbocycles. The lowest BCUT2D eigenvalue weighted by atomic mass is 10.1. The van der Waals surface area contributed by atoms with Gasteiger partial charge >= 0.3 is 0 Å². The number of para-hydroxylation sites is 1. The minimum atomic E-state index is -3.85. The Bertz CT molecular complexity index is 1270. The average Bonchev–Trinajstić information content (AvgIpc) is 3.39. The SMILES string of the molecule is COc1cccc(CNS(=O)(=O)c2ccc3c(c2)/C(=C\c2nccs2)C(=O)N3)c1OC. The first kappa shape index (κ1) is 21.0. The van der Waals surface area contributed by atoms with E-state index in [1.165, 1.54) is 37.7 Å². The van der Waals surface area contributed by atoms with Crippen molar-refractivity contribution in [3.05, 3.63) is 64.1 Å². The van der Waals surface area contributed by atoms with E-state index in [2.05, 4.69) is 15.0 Å². The summed E-state index contributed by atoms with van der Waals surface area (Å²) in [7, 11) is -0.840. The first-order chi connectivity index (χ1) is 14.9. The van der Waals surface area contributed by atoms with Crippen molar-refractivity contribution in [2.75, 3.05) is 19.5 Å². The molecule has 1 aliphatic heterocycles. The molecule has 0 aliphatic carbocycles. The fourth-order valence-corrected chi connectivity index (χ4v) is 4.86. The molecule has 0 unspecified atom stereocenters. The highest BCUT2D eigenvalue weighted by Crippen LogP contribution is 2.35. The monoisotopic (exact) mass is 457 g/mol. The normalized spacial score (nSPS) is 14.4. The number of carbonyl (C=O) groups is 1. The molecule has 1 aromatic heterocycles. The van der Waals surface area contributed by atoms with Crippen LogP contribution in [0.4, 0.5) is 5.69 Å². The number of benzene rings is 2. The van der Waals surface area contributed by atoms with E-state index in [9.17, 15) is 13.2 Å². The van der Waals surface area contributed by atoms with Gasteiger partial charge in [0, 0.05) is 34.9 Å². The number of methoxy groups -OCH3 is 2. The highest BCUT2D eigenvalue weighted by molar-refractivity contribution is 7.89. The number of amides is 1. The van der Waals surface area contributed by atoms with Gasteiger partial charge in [0.05, 0.1) is 24.7 Å². The number of ether oxygens (including phenoxy) is 2. The van der Waals surface area contributed by atoms with Gasteiger partial charge in [0.15, 0.2) is 11.5 Å². The Morgan fingerprint density at radius 2 is 2.03 bits per heavy atom. The van der Waals surface area contributed by atoms with Crippen molar-refractivity contribution in [3.8, 4) is 11.5 Å². The van der Waals surface area contributed by atoms with Crippen LogP contribution < -0.4 is 19.5 Å². The van der Waals surface area contributed by atoms with Gasteiger partial charge in [0.1, 0.15) is 5.01 Å². The van der Waals surface area contributed by atoms with Crippen LogP contribution in [0.2, 0.25) is 0 Å². The van der Waals surface area contributed by atoms with Gasteiger partial charge in [0.2, 0.25) is 10.0 Å². The molecular formula is C21H19N3O5S2. The Morgan fingerprint density at radius 1 is 1.19 bits per heavy atom. The number of nitrogens with zero attached hydrogens (tertiary/aromatic N) is 1. The lowest BCUT2D eigenvalue weighted by molar-refractivity contribution is -0.110. The van der Waals surface area contributed by atoms with Gasteiger partial charge in [-0.05, 0) is 30.3 Å². The maximum atomic E-state index is 12.9. The quantitative estimate of drug-likeness (QED) is 0.528. The van der Waals surface area contributed by atoms with Crippen LogP contribution in [0.15, 0.2) is 52.9 Å². The number of rotatable bonds is 7. The summed E-state index contributed by atoms with van der Waals surface area (Å²) in [5, 5.41) is 5.21. The van der Waals surface area contributed by atoms with Crippen molar-refractivity contribution in [3.63, 3.8) is 0 Å². The fourth-order valence-electron chi connectivity index (χ4n) is 3.26. The summed E-state index contributed by atoms with van der Waals surface area (Å²) in [5.41, 5.74) is 2.08. The molecular weight excluding hydrogens is 438 g/mol. The van der Waals surface area contributed by atoms with Gasteiger partial charge in [-0.15, -0.1) is 11.3 Å². The molecule has 4 rings (SSSR count). The number of anilines is 1. The van der Waals surface area contributed by atoms with Crippen LogP contribution in [0, 0.1) is 0 Å². The predicted molar refractivity (Wildman–Crippen MR) is 119 cm³/mol. The Kier molecular flexibility index (Phi) is 5.77. The molecule has 2 aromatic carbocycles. The van der Waals surface area contributed by atoms with Crippen molar-refractivity contribution < 1.29 is 22.7 Å². The topological polar surface area (TPSA) is 107 Å². The lowest BCUT2D eigenvalue weighted by Gasteiger charge is -2.13. The summed E-state index contributed by atoms with van der Waals surface area (Å²) in [5.74, 6) is 0.678. The number of hydrogen-bond donors (Lipinski definition) is 2. The maximum Gasteiger partial charge on any atom is 0.256 e. The molecule has 1 aliphatic rings. The number of sulfonamides is 1. The third kappa shape index (κ3) is 4.18. The summed E-state index contributed by atoms with van der Waals surface area (Å²) < 4.78 is 39.1. The summed E-state index contributed by atoms with van der Waals surface area (Å²) in [6.45, 7) is 0.0127. The summed E-state index contributed by atoms with van der Waals surface area (Å²) in [6.07, 6.45) is 3.29. The number of nitrogens with one attached hydrogen (secondary N) is 2. The van der Waals surface area contributed by atoms with Gasteiger partial charge in [-0.25, -0.2) is 18.1 Å². The second kappa shape index (κ2) is 8.50. The third-order valence-corrected chi connectivity index (χ3v) is 6.86. The number of fused-ring (bicyclic) bond motifs is 1. The third-order valence-electron chi connectivity index (χ3n) is 4.74. The second-order valence-electron chi connectivity index (χ2n) is 6.57. The van der Waals surface area contributed by atoms with Crippen LogP contribution in [-0.4, -0.2) is 33.5 Å². The molecule has 31 heavy (non-hydrogen) atoms. The smallest absolute Gasteiger partial charge is 0.256 e. The van der Waals surface area contributed by atoms with Gasteiger partial charge in [-0.1, -0.05) is 12.1 Å². The van der Waals surface area contributed by atoms with E-state index in [1.807, 2.05) is 0 Å². The van der Waals surface area contributed by atoms with E-state index in [1.54, 1.807) is 41.9 Å². The standard InChI is InChI=1S/C21H19N3O5S2/c1-28-18-5-3-4-13(20(18)29-2)12-23-31(26,27)14-6-7-17-15(10-14)16(21(25)24-17)11-19-22-8-9-30-19/h3-11,23H,12H2,1-2H3,(H,24,25)/b16-11+. The zero-order chi connectivity index (χ0) is 22.0. The van der Waals surface area contributed by atoms with E-state index < -0.39 is 10.0 Å². The number of thiazole rings is 1. The van der Waals surface area contributed by atoms with Crippen LogP contribution >= 0.6 is 11.3 Å². The molecule has 2 heterocycles. The van der Waals surface area contributed by atoms with Crippen LogP contribution in [-0.2, 0) is 21.4 Å². The van der Waals surface area contributed by atoms with E-state index in [0.717, 1.165) is 0 Å². The van der Waals surface area contributed by atoms with Crippen LogP contribution in [0.1, 0.15) is 16.1 Å². The first-order valence-electron chi connectivity index (χ1n) is 9.19. The molecule has 2 N–H and O–H groups in total. The van der Waals surface area contributed by atoms with E-state index in [-0.39, 0.29) is 17.3 Å². The summed E-state index contributed by atoms with van der Waals surface area (Å²) in [6, 6.07) is 9.76. The van der Waals surface area contributed by atoms with Crippen molar-refractivity contribution in [1.82, 2.24) is 9.71 Å². The Balaban J connectivity index is 1.62. The minimum Gasteiger partial charge on any atom is -0.493 e. The molecule has 1 amide bonds. The Hall–Kier alpha value is -3.21. The average molecular weight is 458 g/mol. The first-order valence-corrected chi connectivity index (χ1v) is 11.6.